The number of rotatable bonds is 3. The van der Waals surface area contributed by atoms with Crippen LogP contribution in [-0.2, 0) is 18.3 Å². The molecule has 0 amide bonds. The molecule has 0 saturated carbocycles. The molecule has 0 bridgehead atoms. The average molecular weight is 181 g/mol. The molecule has 0 radical (unpaired) electrons. The third kappa shape index (κ3) is 2.74. The molecule has 13 heavy (non-hydrogen) atoms. The second-order valence-electron chi connectivity index (χ2n) is 2.88. The summed E-state index contributed by atoms with van der Waals surface area (Å²) in [5.74, 6) is -0.825. The van der Waals surface area contributed by atoms with Gasteiger partial charge in [-0.3, -0.25) is 9.59 Å². The minimum absolute atomic E-state index is 0.0842. The molecular weight excluding hydrogens is 170 g/mol. The van der Waals surface area contributed by atoms with Crippen molar-refractivity contribution in [2.24, 2.45) is 7.05 Å². The fourth-order valence-electron chi connectivity index (χ4n) is 1.05. The first-order chi connectivity index (χ1) is 6.09. The predicted octanol–water partition coefficient (Wildman–Crippen LogP) is 0.403. The van der Waals surface area contributed by atoms with E-state index in [1.807, 2.05) is 0 Å². The van der Waals surface area contributed by atoms with Gasteiger partial charge in [0.15, 0.2) is 0 Å². The number of carboxylic acids is 1. The minimum Gasteiger partial charge on any atom is -0.481 e. The van der Waals surface area contributed by atoms with Crippen LogP contribution in [0, 0.1) is 0 Å². The van der Waals surface area contributed by atoms with Gasteiger partial charge in [-0.05, 0) is 12.0 Å². The molecule has 1 heterocycles. The maximum atomic E-state index is 11.0. The first-order valence-corrected chi connectivity index (χ1v) is 3.97. The Morgan fingerprint density at radius 3 is 2.77 bits per heavy atom. The van der Waals surface area contributed by atoms with E-state index in [4.69, 9.17) is 5.11 Å². The van der Waals surface area contributed by atoms with E-state index in [0.717, 1.165) is 5.56 Å². The summed E-state index contributed by atoms with van der Waals surface area (Å²) in [7, 11) is 1.65. The van der Waals surface area contributed by atoms with E-state index in [9.17, 15) is 9.59 Å². The van der Waals surface area contributed by atoms with E-state index in [-0.39, 0.29) is 12.0 Å². The van der Waals surface area contributed by atoms with Crippen LogP contribution >= 0.6 is 0 Å². The number of hydrogen-bond donors (Lipinski definition) is 1. The van der Waals surface area contributed by atoms with Crippen molar-refractivity contribution in [1.29, 1.82) is 0 Å². The molecule has 0 aliphatic carbocycles. The maximum Gasteiger partial charge on any atom is 0.303 e. The fraction of sp³-hybridized carbons (Fsp3) is 0.333. The fourth-order valence-corrected chi connectivity index (χ4v) is 1.05. The molecule has 1 N–H and O–H groups in total. The van der Waals surface area contributed by atoms with E-state index in [0.29, 0.717) is 6.42 Å². The number of aromatic nitrogens is 1. The molecule has 1 aromatic rings. The highest BCUT2D eigenvalue weighted by Gasteiger charge is 1.99. The van der Waals surface area contributed by atoms with Crippen molar-refractivity contribution < 1.29 is 9.90 Å². The smallest absolute Gasteiger partial charge is 0.303 e. The normalized spacial score (nSPS) is 9.92. The number of pyridine rings is 1. The number of carboxylic acid groups (broad SMARTS) is 1. The Kier molecular flexibility index (Phi) is 2.84. The van der Waals surface area contributed by atoms with Gasteiger partial charge in [-0.2, -0.15) is 0 Å². The molecule has 0 aromatic carbocycles. The number of hydrogen-bond acceptors (Lipinski definition) is 2. The van der Waals surface area contributed by atoms with Gasteiger partial charge in [0.25, 0.3) is 0 Å². The van der Waals surface area contributed by atoms with Gasteiger partial charge < -0.3 is 9.67 Å². The summed E-state index contributed by atoms with van der Waals surface area (Å²) in [6.07, 6.45) is 2.22. The Morgan fingerprint density at radius 2 is 2.23 bits per heavy atom. The molecular formula is C9H11NO3. The zero-order chi connectivity index (χ0) is 9.84. The molecule has 0 saturated heterocycles. The van der Waals surface area contributed by atoms with Gasteiger partial charge in [0.1, 0.15) is 0 Å². The first kappa shape index (κ1) is 9.51. The lowest BCUT2D eigenvalue weighted by molar-refractivity contribution is -0.136. The van der Waals surface area contributed by atoms with Crippen molar-refractivity contribution in [3.05, 3.63) is 34.2 Å². The maximum absolute atomic E-state index is 11.0. The standard InChI is InChI=1S/C9H11NO3/c1-10-6-7(2-4-8(10)11)3-5-9(12)13/h2,4,6H,3,5H2,1H3,(H,12,13). The van der Waals surface area contributed by atoms with Crippen molar-refractivity contribution in [1.82, 2.24) is 4.57 Å². The largest absolute Gasteiger partial charge is 0.481 e. The summed E-state index contributed by atoms with van der Waals surface area (Å²) in [4.78, 5) is 21.2. The van der Waals surface area contributed by atoms with Gasteiger partial charge in [-0.25, -0.2) is 0 Å². The number of aliphatic carboxylic acids is 1. The van der Waals surface area contributed by atoms with E-state index >= 15 is 0 Å². The highest BCUT2D eigenvalue weighted by atomic mass is 16.4. The van der Waals surface area contributed by atoms with Crippen LogP contribution in [-0.4, -0.2) is 15.6 Å². The quantitative estimate of drug-likeness (QED) is 0.734. The van der Waals surface area contributed by atoms with Gasteiger partial charge in [0, 0.05) is 25.7 Å². The number of carbonyl (C=O) groups is 1. The van der Waals surface area contributed by atoms with E-state index in [1.165, 1.54) is 10.6 Å². The molecule has 0 atom stereocenters. The van der Waals surface area contributed by atoms with E-state index < -0.39 is 5.97 Å². The molecule has 0 aliphatic heterocycles. The average Bonchev–Trinajstić information content (AvgIpc) is 2.07. The molecule has 0 aliphatic rings. The highest BCUT2D eigenvalue weighted by molar-refractivity contribution is 5.67. The molecule has 0 fully saturated rings. The van der Waals surface area contributed by atoms with Gasteiger partial charge in [-0.1, -0.05) is 6.07 Å². The molecule has 1 rings (SSSR count). The van der Waals surface area contributed by atoms with E-state index in [2.05, 4.69) is 0 Å². The Balaban J connectivity index is 2.74. The summed E-state index contributed by atoms with van der Waals surface area (Å²) in [6.45, 7) is 0. The Hall–Kier alpha value is -1.58. The van der Waals surface area contributed by atoms with Gasteiger partial charge >= 0.3 is 5.97 Å². The second-order valence-corrected chi connectivity index (χ2v) is 2.88. The Bertz CT molecular complexity index is 367. The number of aryl methyl sites for hydroxylation is 2. The third-order valence-electron chi connectivity index (χ3n) is 1.77. The van der Waals surface area contributed by atoms with Gasteiger partial charge in [-0.15, -0.1) is 0 Å². The summed E-state index contributed by atoms with van der Waals surface area (Å²) in [5, 5.41) is 8.43. The van der Waals surface area contributed by atoms with Crippen LogP contribution in [0.5, 0.6) is 0 Å². The van der Waals surface area contributed by atoms with Crippen molar-refractivity contribution in [2.45, 2.75) is 12.8 Å². The van der Waals surface area contributed by atoms with Crippen LogP contribution in [0.15, 0.2) is 23.1 Å². The third-order valence-corrected chi connectivity index (χ3v) is 1.77. The monoisotopic (exact) mass is 181 g/mol. The summed E-state index contributed by atoms with van der Waals surface area (Å²) in [6, 6.07) is 3.10. The molecule has 70 valence electrons. The molecule has 4 nitrogen and oxygen atoms in total. The SMILES string of the molecule is Cn1cc(CCC(=O)O)ccc1=O. The lowest BCUT2D eigenvalue weighted by atomic mass is 10.1. The lowest BCUT2D eigenvalue weighted by Crippen LogP contribution is -2.15. The second kappa shape index (κ2) is 3.89. The van der Waals surface area contributed by atoms with Crippen molar-refractivity contribution >= 4 is 5.97 Å². The van der Waals surface area contributed by atoms with Crippen LogP contribution < -0.4 is 5.56 Å². The van der Waals surface area contributed by atoms with Crippen LogP contribution in [0.1, 0.15) is 12.0 Å². The zero-order valence-electron chi connectivity index (χ0n) is 7.36. The van der Waals surface area contributed by atoms with Crippen LogP contribution in [0.25, 0.3) is 0 Å². The van der Waals surface area contributed by atoms with Crippen molar-refractivity contribution in [2.75, 3.05) is 0 Å². The topological polar surface area (TPSA) is 59.3 Å². The highest BCUT2D eigenvalue weighted by Crippen LogP contribution is 1.99. The lowest BCUT2D eigenvalue weighted by Gasteiger charge is -2.00. The first-order valence-electron chi connectivity index (χ1n) is 3.97. The zero-order valence-corrected chi connectivity index (χ0v) is 7.36. The van der Waals surface area contributed by atoms with Crippen molar-refractivity contribution in [3.8, 4) is 0 Å². The molecule has 0 unspecified atom stereocenters. The Morgan fingerprint density at radius 1 is 1.54 bits per heavy atom. The molecule has 0 spiro atoms. The number of nitrogens with zero attached hydrogens (tertiary/aromatic N) is 1. The van der Waals surface area contributed by atoms with Crippen LogP contribution in [0.3, 0.4) is 0 Å². The van der Waals surface area contributed by atoms with Gasteiger partial charge in [0.05, 0.1) is 0 Å². The predicted molar refractivity (Wildman–Crippen MR) is 47.6 cm³/mol. The summed E-state index contributed by atoms with van der Waals surface area (Å²) >= 11 is 0. The molecule has 1 aromatic heterocycles. The van der Waals surface area contributed by atoms with Crippen molar-refractivity contribution in [3.63, 3.8) is 0 Å². The minimum atomic E-state index is -0.825. The summed E-state index contributed by atoms with van der Waals surface area (Å²) < 4.78 is 1.44. The van der Waals surface area contributed by atoms with E-state index in [1.54, 1.807) is 19.3 Å². The van der Waals surface area contributed by atoms with Crippen LogP contribution in [0.4, 0.5) is 0 Å². The van der Waals surface area contributed by atoms with Gasteiger partial charge in [0.2, 0.25) is 5.56 Å². The Labute approximate surface area is 75.4 Å². The van der Waals surface area contributed by atoms with Crippen LogP contribution in [0.2, 0.25) is 0 Å². The summed E-state index contributed by atoms with van der Waals surface area (Å²) in [5.41, 5.74) is 0.781. The molecule has 4 heteroatoms.